The molecule has 3 rings (SSSR count). The molecule has 0 bridgehead atoms. The van der Waals surface area contributed by atoms with Crippen LogP contribution in [0.2, 0.25) is 0 Å². The first-order chi connectivity index (χ1) is 9.24. The standard InChI is InChI=1S/C15H24N4/c1-11(2)15-17-10-14(19-7-3-4-8-19)13(18-15)9-16-12-5-6-12/h10-12,16H,3-9H2,1-2H3. The molecule has 1 saturated heterocycles. The van der Waals surface area contributed by atoms with Crippen molar-refractivity contribution in [3.63, 3.8) is 0 Å². The Balaban J connectivity index is 1.82. The van der Waals surface area contributed by atoms with Gasteiger partial charge in [-0.25, -0.2) is 9.97 Å². The van der Waals surface area contributed by atoms with Crippen molar-refractivity contribution in [3.8, 4) is 0 Å². The molecule has 1 saturated carbocycles. The highest BCUT2D eigenvalue weighted by Crippen LogP contribution is 2.25. The second-order valence-corrected chi connectivity index (χ2v) is 6.06. The molecule has 1 aliphatic heterocycles. The Kier molecular flexibility index (Phi) is 3.69. The highest BCUT2D eigenvalue weighted by molar-refractivity contribution is 5.50. The fourth-order valence-corrected chi connectivity index (χ4v) is 2.59. The van der Waals surface area contributed by atoms with Gasteiger partial charge in [-0.2, -0.15) is 0 Å². The minimum absolute atomic E-state index is 0.396. The summed E-state index contributed by atoms with van der Waals surface area (Å²) in [5.74, 6) is 1.36. The number of hydrogen-bond donors (Lipinski definition) is 1. The highest BCUT2D eigenvalue weighted by Gasteiger charge is 2.23. The number of nitrogens with zero attached hydrogens (tertiary/aromatic N) is 3. The maximum Gasteiger partial charge on any atom is 0.131 e. The number of rotatable bonds is 5. The van der Waals surface area contributed by atoms with Crippen LogP contribution in [0.1, 0.15) is 57.0 Å². The van der Waals surface area contributed by atoms with Crippen molar-refractivity contribution >= 4 is 5.69 Å². The van der Waals surface area contributed by atoms with Gasteiger partial charge in [-0.1, -0.05) is 13.8 Å². The van der Waals surface area contributed by atoms with E-state index in [1.807, 2.05) is 6.20 Å². The van der Waals surface area contributed by atoms with E-state index in [2.05, 4.69) is 29.0 Å². The van der Waals surface area contributed by atoms with Gasteiger partial charge in [0.05, 0.1) is 17.6 Å². The van der Waals surface area contributed by atoms with Crippen molar-refractivity contribution in [3.05, 3.63) is 17.7 Å². The van der Waals surface area contributed by atoms with E-state index in [4.69, 9.17) is 4.98 Å². The van der Waals surface area contributed by atoms with Crippen molar-refractivity contribution in [1.29, 1.82) is 0 Å². The third kappa shape index (κ3) is 3.06. The average Bonchev–Trinajstić information content (AvgIpc) is 3.08. The van der Waals surface area contributed by atoms with Crippen LogP contribution in [-0.4, -0.2) is 29.1 Å². The van der Waals surface area contributed by atoms with Crippen LogP contribution in [0, 0.1) is 0 Å². The van der Waals surface area contributed by atoms with Crippen molar-refractivity contribution in [2.45, 2.75) is 58.0 Å². The van der Waals surface area contributed by atoms with Gasteiger partial charge in [-0.3, -0.25) is 0 Å². The average molecular weight is 260 g/mol. The normalized spacial score (nSPS) is 19.4. The molecular weight excluding hydrogens is 236 g/mol. The van der Waals surface area contributed by atoms with Crippen LogP contribution in [-0.2, 0) is 6.54 Å². The zero-order chi connectivity index (χ0) is 13.2. The molecule has 1 aliphatic carbocycles. The molecule has 4 nitrogen and oxygen atoms in total. The SMILES string of the molecule is CC(C)c1ncc(N2CCCC2)c(CNC2CC2)n1. The fraction of sp³-hybridized carbons (Fsp3) is 0.733. The zero-order valence-corrected chi connectivity index (χ0v) is 12.0. The minimum Gasteiger partial charge on any atom is -0.369 e. The van der Waals surface area contributed by atoms with Gasteiger partial charge in [0, 0.05) is 31.6 Å². The molecule has 2 heterocycles. The van der Waals surface area contributed by atoms with Gasteiger partial charge in [-0.15, -0.1) is 0 Å². The fourth-order valence-electron chi connectivity index (χ4n) is 2.59. The lowest BCUT2D eigenvalue weighted by molar-refractivity contribution is 0.657. The van der Waals surface area contributed by atoms with E-state index in [1.54, 1.807) is 0 Å². The van der Waals surface area contributed by atoms with Gasteiger partial charge in [-0.05, 0) is 25.7 Å². The Labute approximate surface area is 115 Å². The monoisotopic (exact) mass is 260 g/mol. The van der Waals surface area contributed by atoms with E-state index in [-0.39, 0.29) is 0 Å². The van der Waals surface area contributed by atoms with Crippen molar-refractivity contribution in [2.75, 3.05) is 18.0 Å². The van der Waals surface area contributed by atoms with E-state index in [1.165, 1.54) is 37.1 Å². The lowest BCUT2D eigenvalue weighted by Crippen LogP contribution is -2.24. The molecule has 104 valence electrons. The quantitative estimate of drug-likeness (QED) is 0.883. The molecule has 0 atom stereocenters. The Morgan fingerprint density at radius 2 is 2.05 bits per heavy atom. The molecule has 1 N–H and O–H groups in total. The van der Waals surface area contributed by atoms with Crippen LogP contribution in [0.25, 0.3) is 0 Å². The lowest BCUT2D eigenvalue weighted by Gasteiger charge is -2.21. The van der Waals surface area contributed by atoms with E-state index in [0.29, 0.717) is 5.92 Å². The minimum atomic E-state index is 0.396. The smallest absolute Gasteiger partial charge is 0.131 e. The molecule has 0 aromatic carbocycles. The maximum atomic E-state index is 4.80. The summed E-state index contributed by atoms with van der Waals surface area (Å²) < 4.78 is 0. The van der Waals surface area contributed by atoms with Crippen LogP contribution < -0.4 is 10.2 Å². The summed E-state index contributed by atoms with van der Waals surface area (Å²) in [6, 6.07) is 0.726. The van der Waals surface area contributed by atoms with E-state index < -0.39 is 0 Å². The Hall–Kier alpha value is -1.16. The molecule has 19 heavy (non-hydrogen) atoms. The number of nitrogens with one attached hydrogen (secondary N) is 1. The Bertz CT molecular complexity index is 434. The molecule has 0 spiro atoms. The molecule has 1 aromatic heterocycles. The van der Waals surface area contributed by atoms with Gasteiger partial charge in [0.15, 0.2) is 0 Å². The summed E-state index contributed by atoms with van der Waals surface area (Å²) in [5.41, 5.74) is 2.43. The summed E-state index contributed by atoms with van der Waals surface area (Å²) in [5, 5.41) is 3.59. The highest BCUT2D eigenvalue weighted by atomic mass is 15.2. The van der Waals surface area contributed by atoms with Crippen molar-refractivity contribution in [1.82, 2.24) is 15.3 Å². The van der Waals surface area contributed by atoms with E-state index >= 15 is 0 Å². The largest absolute Gasteiger partial charge is 0.369 e. The van der Waals surface area contributed by atoms with Gasteiger partial charge in [0.1, 0.15) is 5.82 Å². The first-order valence-electron chi connectivity index (χ1n) is 7.58. The van der Waals surface area contributed by atoms with Gasteiger partial charge < -0.3 is 10.2 Å². The van der Waals surface area contributed by atoms with Crippen LogP contribution in [0.5, 0.6) is 0 Å². The van der Waals surface area contributed by atoms with Crippen LogP contribution in [0.15, 0.2) is 6.20 Å². The van der Waals surface area contributed by atoms with Crippen LogP contribution >= 0.6 is 0 Å². The topological polar surface area (TPSA) is 41.1 Å². The molecule has 2 fully saturated rings. The van der Waals surface area contributed by atoms with Gasteiger partial charge in [0.25, 0.3) is 0 Å². The van der Waals surface area contributed by atoms with Crippen molar-refractivity contribution in [2.24, 2.45) is 0 Å². The summed E-state index contributed by atoms with van der Waals surface area (Å²) >= 11 is 0. The number of hydrogen-bond acceptors (Lipinski definition) is 4. The molecule has 4 heteroatoms. The van der Waals surface area contributed by atoms with Gasteiger partial charge in [0.2, 0.25) is 0 Å². The second kappa shape index (κ2) is 5.45. The Morgan fingerprint density at radius 1 is 1.32 bits per heavy atom. The first kappa shape index (κ1) is 12.9. The third-order valence-corrected chi connectivity index (χ3v) is 3.96. The predicted molar refractivity (Wildman–Crippen MR) is 77.4 cm³/mol. The van der Waals surface area contributed by atoms with Crippen LogP contribution in [0.3, 0.4) is 0 Å². The molecule has 1 aromatic rings. The summed E-state index contributed by atoms with van der Waals surface area (Å²) in [7, 11) is 0. The molecule has 0 amide bonds. The molecule has 0 unspecified atom stereocenters. The van der Waals surface area contributed by atoms with Crippen molar-refractivity contribution < 1.29 is 0 Å². The van der Waals surface area contributed by atoms with E-state index in [0.717, 1.165) is 31.5 Å². The van der Waals surface area contributed by atoms with Crippen LogP contribution in [0.4, 0.5) is 5.69 Å². The zero-order valence-electron chi connectivity index (χ0n) is 12.0. The molecular formula is C15H24N4. The van der Waals surface area contributed by atoms with E-state index in [9.17, 15) is 0 Å². The summed E-state index contributed by atoms with van der Waals surface area (Å²) in [6.07, 6.45) is 7.27. The third-order valence-electron chi connectivity index (χ3n) is 3.96. The summed E-state index contributed by atoms with van der Waals surface area (Å²) in [6.45, 7) is 7.51. The molecule has 0 radical (unpaired) electrons. The second-order valence-electron chi connectivity index (χ2n) is 6.06. The Morgan fingerprint density at radius 3 is 2.68 bits per heavy atom. The maximum absolute atomic E-state index is 4.80. The summed E-state index contributed by atoms with van der Waals surface area (Å²) in [4.78, 5) is 11.8. The van der Waals surface area contributed by atoms with Gasteiger partial charge >= 0.3 is 0 Å². The number of aromatic nitrogens is 2. The lowest BCUT2D eigenvalue weighted by atomic mass is 10.2. The molecule has 2 aliphatic rings. The predicted octanol–water partition coefficient (Wildman–Crippen LogP) is 2.45. The number of anilines is 1. The first-order valence-corrected chi connectivity index (χ1v) is 7.58.